The van der Waals surface area contributed by atoms with E-state index in [1.165, 1.54) is 9.75 Å². The van der Waals surface area contributed by atoms with E-state index in [4.69, 9.17) is 4.98 Å². The number of hydrogen-bond acceptors (Lipinski definition) is 5. The molecule has 3 rings (SSSR count). The molecule has 1 amide bonds. The average Bonchev–Trinajstić information content (AvgIpc) is 3.20. The van der Waals surface area contributed by atoms with Crippen LogP contribution in [-0.2, 0) is 0 Å². The lowest BCUT2D eigenvalue weighted by molar-refractivity contribution is 0.0955. The zero-order valence-electron chi connectivity index (χ0n) is 16.6. The third kappa shape index (κ3) is 4.04. The second-order valence-corrected chi connectivity index (χ2v) is 8.37. The molecule has 7 heteroatoms. The highest BCUT2D eigenvalue weighted by molar-refractivity contribution is 7.12. The highest BCUT2D eigenvalue weighted by atomic mass is 32.1. The Morgan fingerprint density at radius 2 is 2.04 bits per heavy atom. The molecular formula is C20H27N5OS. The lowest BCUT2D eigenvalue weighted by Crippen LogP contribution is -2.31. The lowest BCUT2D eigenvalue weighted by Gasteiger charge is -2.11. The van der Waals surface area contributed by atoms with Crippen LogP contribution in [0.5, 0.6) is 0 Å². The predicted molar refractivity (Wildman–Crippen MR) is 112 cm³/mol. The van der Waals surface area contributed by atoms with Gasteiger partial charge in [-0.15, -0.1) is 11.3 Å². The number of likely N-dealkylation sites (N-methyl/N-ethyl adjacent to an activating group) is 1. The monoisotopic (exact) mass is 385 g/mol. The van der Waals surface area contributed by atoms with Crippen LogP contribution in [0.1, 0.15) is 46.9 Å². The average molecular weight is 386 g/mol. The molecule has 3 heterocycles. The van der Waals surface area contributed by atoms with Crippen molar-refractivity contribution < 1.29 is 4.79 Å². The van der Waals surface area contributed by atoms with Crippen molar-refractivity contribution in [2.24, 2.45) is 0 Å². The number of hydrogen-bond donors (Lipinski definition) is 2. The van der Waals surface area contributed by atoms with Crippen molar-refractivity contribution in [2.75, 3.05) is 19.6 Å². The molecule has 0 fully saturated rings. The molecule has 0 aliphatic heterocycles. The van der Waals surface area contributed by atoms with Gasteiger partial charge in [0.2, 0.25) is 0 Å². The maximum absolute atomic E-state index is 12.9. The van der Waals surface area contributed by atoms with E-state index in [2.05, 4.69) is 49.5 Å². The summed E-state index contributed by atoms with van der Waals surface area (Å²) in [5.41, 5.74) is 3.28. The Balaban J connectivity index is 2.08. The van der Waals surface area contributed by atoms with E-state index in [0.29, 0.717) is 12.1 Å². The molecule has 3 aromatic rings. The summed E-state index contributed by atoms with van der Waals surface area (Å²) in [6.45, 7) is 12.6. The number of nitrogens with zero attached hydrogens (tertiary/aromatic N) is 3. The van der Waals surface area contributed by atoms with Crippen LogP contribution < -0.4 is 10.6 Å². The largest absolute Gasteiger partial charge is 0.351 e. The topological polar surface area (TPSA) is 71.8 Å². The van der Waals surface area contributed by atoms with Gasteiger partial charge in [0.15, 0.2) is 5.65 Å². The van der Waals surface area contributed by atoms with Gasteiger partial charge in [-0.3, -0.25) is 4.79 Å². The minimum atomic E-state index is -0.0885. The van der Waals surface area contributed by atoms with Gasteiger partial charge in [0.25, 0.3) is 5.91 Å². The molecule has 27 heavy (non-hydrogen) atoms. The zero-order valence-corrected chi connectivity index (χ0v) is 17.4. The third-order valence-electron chi connectivity index (χ3n) is 4.45. The van der Waals surface area contributed by atoms with Crippen LogP contribution in [0.3, 0.4) is 0 Å². The third-order valence-corrected chi connectivity index (χ3v) is 5.42. The first-order valence-electron chi connectivity index (χ1n) is 9.37. The summed E-state index contributed by atoms with van der Waals surface area (Å²) in [5, 5.41) is 11.5. The van der Waals surface area contributed by atoms with Gasteiger partial charge in [-0.05, 0) is 46.4 Å². The number of nitrogens with one attached hydrogen (secondary N) is 2. The molecule has 3 aromatic heterocycles. The number of amides is 1. The molecule has 0 saturated heterocycles. The fourth-order valence-corrected chi connectivity index (χ4v) is 4.08. The van der Waals surface area contributed by atoms with Crippen LogP contribution in [0.15, 0.2) is 18.3 Å². The maximum atomic E-state index is 12.9. The molecule has 0 aliphatic rings. The summed E-state index contributed by atoms with van der Waals surface area (Å²) in [6, 6.07) is 4.20. The van der Waals surface area contributed by atoms with Crippen LogP contribution >= 0.6 is 11.3 Å². The number of thiophene rings is 1. The number of aromatic nitrogens is 3. The van der Waals surface area contributed by atoms with Gasteiger partial charge in [-0.25, -0.2) is 9.67 Å². The summed E-state index contributed by atoms with van der Waals surface area (Å²) >= 11 is 1.74. The van der Waals surface area contributed by atoms with E-state index < -0.39 is 0 Å². The molecule has 0 radical (unpaired) electrons. The van der Waals surface area contributed by atoms with Crippen LogP contribution in [0.25, 0.3) is 22.3 Å². The Hall–Kier alpha value is -2.25. The zero-order chi connectivity index (χ0) is 19.6. The number of pyridine rings is 1. The first-order valence-corrected chi connectivity index (χ1v) is 10.2. The van der Waals surface area contributed by atoms with Gasteiger partial charge in [0, 0.05) is 34.4 Å². The first-order chi connectivity index (χ1) is 12.9. The molecule has 0 unspecified atom stereocenters. The van der Waals surface area contributed by atoms with Crippen molar-refractivity contribution in [3.8, 4) is 11.3 Å². The van der Waals surface area contributed by atoms with E-state index in [0.717, 1.165) is 35.4 Å². The van der Waals surface area contributed by atoms with Crippen molar-refractivity contribution in [1.82, 2.24) is 25.4 Å². The second-order valence-electron chi connectivity index (χ2n) is 6.91. The number of rotatable bonds is 7. The molecule has 6 nitrogen and oxygen atoms in total. The van der Waals surface area contributed by atoms with E-state index in [1.807, 2.05) is 17.7 Å². The predicted octanol–water partition coefficient (Wildman–Crippen LogP) is 3.70. The van der Waals surface area contributed by atoms with E-state index >= 15 is 0 Å². The van der Waals surface area contributed by atoms with Crippen LogP contribution in [-0.4, -0.2) is 40.3 Å². The molecule has 0 aromatic carbocycles. The Morgan fingerprint density at radius 1 is 1.26 bits per heavy atom. The van der Waals surface area contributed by atoms with Gasteiger partial charge in [0.05, 0.1) is 22.8 Å². The fraction of sp³-hybridized carbons (Fsp3) is 0.450. The van der Waals surface area contributed by atoms with E-state index in [9.17, 15) is 4.79 Å². The van der Waals surface area contributed by atoms with Crippen LogP contribution in [0.4, 0.5) is 0 Å². The highest BCUT2D eigenvalue weighted by Crippen LogP contribution is 2.32. The maximum Gasteiger partial charge on any atom is 0.252 e. The summed E-state index contributed by atoms with van der Waals surface area (Å²) in [5.74, 6) is -0.0885. The smallest absolute Gasteiger partial charge is 0.252 e. The number of fused-ring (bicyclic) bond motifs is 1. The van der Waals surface area contributed by atoms with Crippen LogP contribution in [0, 0.1) is 13.8 Å². The van der Waals surface area contributed by atoms with E-state index in [1.54, 1.807) is 17.5 Å². The molecule has 0 saturated carbocycles. The summed E-state index contributed by atoms with van der Waals surface area (Å²) in [6.07, 6.45) is 1.75. The number of carbonyl (C=O) groups is 1. The van der Waals surface area contributed by atoms with Gasteiger partial charge < -0.3 is 10.6 Å². The van der Waals surface area contributed by atoms with Crippen molar-refractivity contribution in [3.63, 3.8) is 0 Å². The number of aryl methyl sites for hydroxylation is 2. The normalized spacial score (nSPS) is 11.5. The van der Waals surface area contributed by atoms with Gasteiger partial charge in [-0.2, -0.15) is 5.10 Å². The Morgan fingerprint density at radius 3 is 2.67 bits per heavy atom. The summed E-state index contributed by atoms with van der Waals surface area (Å²) in [7, 11) is 0. The summed E-state index contributed by atoms with van der Waals surface area (Å²) < 4.78 is 1.88. The van der Waals surface area contributed by atoms with Crippen molar-refractivity contribution in [3.05, 3.63) is 33.6 Å². The minimum Gasteiger partial charge on any atom is -0.351 e. The summed E-state index contributed by atoms with van der Waals surface area (Å²) in [4.78, 5) is 20.2. The van der Waals surface area contributed by atoms with Crippen LogP contribution in [0.2, 0.25) is 0 Å². The van der Waals surface area contributed by atoms with Gasteiger partial charge in [-0.1, -0.05) is 6.92 Å². The molecule has 2 N–H and O–H groups in total. The fourth-order valence-electron chi connectivity index (χ4n) is 3.14. The van der Waals surface area contributed by atoms with E-state index in [-0.39, 0.29) is 11.9 Å². The molecule has 0 spiro atoms. The number of carbonyl (C=O) groups excluding carboxylic acids is 1. The Bertz CT molecular complexity index is 957. The first kappa shape index (κ1) is 19.5. The Kier molecular flexibility index (Phi) is 5.92. The molecular weight excluding hydrogens is 358 g/mol. The molecule has 144 valence electrons. The van der Waals surface area contributed by atoms with Gasteiger partial charge >= 0.3 is 0 Å². The highest BCUT2D eigenvalue weighted by Gasteiger charge is 2.19. The second kappa shape index (κ2) is 8.19. The van der Waals surface area contributed by atoms with Gasteiger partial charge in [0.1, 0.15) is 0 Å². The molecule has 0 bridgehead atoms. The minimum absolute atomic E-state index is 0.0885. The van der Waals surface area contributed by atoms with Crippen molar-refractivity contribution in [2.45, 2.75) is 40.7 Å². The SMILES string of the molecule is CCNCCNC(=O)c1cc(-c2cc(C)sc2C)nc2c1cnn2C(C)C. The standard InChI is InChI=1S/C20H27N5OS/c1-6-21-7-8-22-20(26)16-10-18(15-9-13(4)27-14(15)5)24-19-17(16)11-23-25(19)12(2)3/h9-12,21H,6-8H2,1-5H3,(H,22,26). The van der Waals surface area contributed by atoms with Crippen molar-refractivity contribution in [1.29, 1.82) is 0 Å². The Labute approximate surface area is 164 Å². The molecule has 0 aliphatic carbocycles. The lowest BCUT2D eigenvalue weighted by atomic mass is 10.1. The quantitative estimate of drug-likeness (QED) is 0.609. The van der Waals surface area contributed by atoms with Crippen molar-refractivity contribution >= 4 is 28.3 Å². The molecule has 0 atom stereocenters.